The molecule has 0 aliphatic heterocycles. The van der Waals surface area contributed by atoms with Crippen molar-refractivity contribution in [2.75, 3.05) is 13.7 Å². The Balaban J connectivity index is 1.79. The van der Waals surface area contributed by atoms with Gasteiger partial charge in [-0.05, 0) is 48.6 Å². The Bertz CT molecular complexity index is 724. The van der Waals surface area contributed by atoms with E-state index >= 15 is 0 Å². The molecule has 2 aromatic rings. The summed E-state index contributed by atoms with van der Waals surface area (Å²) >= 11 is 0. The van der Waals surface area contributed by atoms with E-state index in [1.165, 1.54) is 5.56 Å². The molecule has 0 amide bonds. The zero-order valence-electron chi connectivity index (χ0n) is 13.6. The van der Waals surface area contributed by atoms with Gasteiger partial charge in [0.1, 0.15) is 5.75 Å². The van der Waals surface area contributed by atoms with Gasteiger partial charge in [-0.25, -0.2) is 13.1 Å². The predicted octanol–water partition coefficient (Wildman–Crippen LogP) is 3.06. The van der Waals surface area contributed by atoms with Gasteiger partial charge in [0.2, 0.25) is 10.0 Å². The number of ether oxygens (including phenoxy) is 1. The average molecular weight is 333 g/mol. The summed E-state index contributed by atoms with van der Waals surface area (Å²) in [6.07, 6.45) is 1.59. The third-order valence-corrected chi connectivity index (χ3v) is 5.07. The lowest BCUT2D eigenvalue weighted by Crippen LogP contribution is -2.26. The van der Waals surface area contributed by atoms with E-state index in [1.807, 2.05) is 55.5 Å². The number of nitrogens with one attached hydrogen (secondary N) is 1. The normalized spacial score (nSPS) is 11.4. The van der Waals surface area contributed by atoms with Gasteiger partial charge in [-0.15, -0.1) is 0 Å². The summed E-state index contributed by atoms with van der Waals surface area (Å²) in [4.78, 5) is 0. The molecule has 0 saturated carbocycles. The summed E-state index contributed by atoms with van der Waals surface area (Å²) < 4.78 is 32.0. The Morgan fingerprint density at radius 3 is 2.39 bits per heavy atom. The van der Waals surface area contributed by atoms with Crippen LogP contribution >= 0.6 is 0 Å². The summed E-state index contributed by atoms with van der Waals surface area (Å²) in [7, 11) is -1.66. The molecule has 2 aromatic carbocycles. The number of benzene rings is 2. The lowest BCUT2D eigenvalue weighted by Gasteiger charge is -2.09. The number of sulfonamides is 1. The van der Waals surface area contributed by atoms with Crippen molar-refractivity contribution in [2.24, 2.45) is 0 Å². The quantitative estimate of drug-likeness (QED) is 0.756. The van der Waals surface area contributed by atoms with E-state index in [4.69, 9.17) is 4.74 Å². The van der Waals surface area contributed by atoms with E-state index < -0.39 is 10.0 Å². The van der Waals surface area contributed by atoms with E-state index in [-0.39, 0.29) is 5.75 Å². The van der Waals surface area contributed by atoms with Crippen LogP contribution in [-0.4, -0.2) is 22.1 Å². The maximum atomic E-state index is 12.1. The molecular formula is C18H23NO3S. The van der Waals surface area contributed by atoms with Crippen molar-refractivity contribution in [1.29, 1.82) is 0 Å². The summed E-state index contributed by atoms with van der Waals surface area (Å²) in [5, 5.41) is 0. The van der Waals surface area contributed by atoms with Crippen molar-refractivity contribution in [1.82, 2.24) is 4.72 Å². The third-order valence-electron chi connectivity index (χ3n) is 3.73. The average Bonchev–Trinajstić information content (AvgIpc) is 2.54. The Hall–Kier alpha value is -1.85. The number of methoxy groups -OCH3 is 1. The first-order valence-electron chi connectivity index (χ1n) is 7.65. The van der Waals surface area contributed by atoms with Gasteiger partial charge < -0.3 is 4.74 Å². The van der Waals surface area contributed by atoms with E-state index in [0.29, 0.717) is 6.54 Å². The second kappa shape index (κ2) is 8.13. The SMILES string of the molecule is COc1ccc(CCCNS(=O)(=O)Cc2ccccc2C)cc1. The lowest BCUT2D eigenvalue weighted by atomic mass is 10.1. The Kier molecular flexibility index (Phi) is 6.19. The first-order valence-corrected chi connectivity index (χ1v) is 9.30. The molecule has 0 aliphatic rings. The number of hydrogen-bond acceptors (Lipinski definition) is 3. The summed E-state index contributed by atoms with van der Waals surface area (Å²) in [5.41, 5.74) is 3.01. The molecule has 1 N–H and O–H groups in total. The number of hydrogen-bond donors (Lipinski definition) is 1. The molecule has 0 bridgehead atoms. The second-order valence-electron chi connectivity index (χ2n) is 5.53. The van der Waals surface area contributed by atoms with Crippen LogP contribution in [0.1, 0.15) is 23.1 Å². The second-order valence-corrected chi connectivity index (χ2v) is 7.34. The largest absolute Gasteiger partial charge is 0.497 e. The fraction of sp³-hybridized carbons (Fsp3) is 0.333. The Morgan fingerprint density at radius 2 is 1.74 bits per heavy atom. The summed E-state index contributed by atoms with van der Waals surface area (Å²) in [6.45, 7) is 2.37. The minimum atomic E-state index is -3.29. The van der Waals surface area contributed by atoms with Crippen LogP contribution in [0.25, 0.3) is 0 Å². The van der Waals surface area contributed by atoms with Gasteiger partial charge >= 0.3 is 0 Å². The van der Waals surface area contributed by atoms with Crippen LogP contribution in [0.15, 0.2) is 48.5 Å². The molecule has 0 atom stereocenters. The number of rotatable bonds is 8. The number of aryl methyl sites for hydroxylation is 2. The van der Waals surface area contributed by atoms with Gasteiger partial charge in [-0.3, -0.25) is 0 Å². The van der Waals surface area contributed by atoms with Crippen molar-refractivity contribution in [3.8, 4) is 5.75 Å². The van der Waals surface area contributed by atoms with Gasteiger partial charge in [0, 0.05) is 6.54 Å². The molecule has 0 unspecified atom stereocenters. The topological polar surface area (TPSA) is 55.4 Å². The maximum absolute atomic E-state index is 12.1. The van der Waals surface area contributed by atoms with Crippen molar-refractivity contribution in [2.45, 2.75) is 25.5 Å². The minimum absolute atomic E-state index is 0.0300. The zero-order valence-corrected chi connectivity index (χ0v) is 14.4. The Labute approximate surface area is 138 Å². The minimum Gasteiger partial charge on any atom is -0.497 e. The van der Waals surface area contributed by atoms with Crippen molar-refractivity contribution in [3.63, 3.8) is 0 Å². The third kappa shape index (κ3) is 5.69. The van der Waals surface area contributed by atoms with Crippen LogP contribution in [0.5, 0.6) is 5.75 Å². The van der Waals surface area contributed by atoms with Gasteiger partial charge in [0.15, 0.2) is 0 Å². The molecule has 0 radical (unpaired) electrons. The van der Waals surface area contributed by atoms with Crippen LogP contribution in [0, 0.1) is 6.92 Å². The van der Waals surface area contributed by atoms with Crippen molar-refractivity contribution >= 4 is 10.0 Å². The monoisotopic (exact) mass is 333 g/mol. The molecule has 0 aliphatic carbocycles. The van der Waals surface area contributed by atoms with Gasteiger partial charge in [0.25, 0.3) is 0 Å². The zero-order chi connectivity index (χ0) is 16.7. The first-order chi connectivity index (χ1) is 11.0. The molecule has 0 saturated heterocycles. The highest BCUT2D eigenvalue weighted by molar-refractivity contribution is 7.88. The standard InChI is InChI=1S/C18H23NO3S/c1-15-6-3-4-8-17(15)14-23(20,21)19-13-5-7-16-9-11-18(22-2)12-10-16/h3-4,6,8-12,19H,5,7,13-14H2,1-2H3. The summed E-state index contributed by atoms with van der Waals surface area (Å²) in [5.74, 6) is 0.857. The lowest BCUT2D eigenvalue weighted by molar-refractivity contribution is 0.414. The molecule has 0 heterocycles. The molecule has 5 heteroatoms. The smallest absolute Gasteiger partial charge is 0.215 e. The molecule has 4 nitrogen and oxygen atoms in total. The van der Waals surface area contributed by atoms with Crippen LogP contribution in [0.2, 0.25) is 0 Å². The van der Waals surface area contributed by atoms with Crippen molar-refractivity contribution < 1.29 is 13.2 Å². The summed E-state index contributed by atoms with van der Waals surface area (Å²) in [6, 6.07) is 15.4. The van der Waals surface area contributed by atoms with E-state index in [2.05, 4.69) is 4.72 Å². The highest BCUT2D eigenvalue weighted by Crippen LogP contribution is 2.13. The molecule has 0 aromatic heterocycles. The van der Waals surface area contributed by atoms with Gasteiger partial charge in [-0.1, -0.05) is 36.4 Å². The van der Waals surface area contributed by atoms with Gasteiger partial charge in [0.05, 0.1) is 12.9 Å². The Morgan fingerprint density at radius 1 is 1.04 bits per heavy atom. The molecule has 0 spiro atoms. The first kappa shape index (κ1) is 17.5. The van der Waals surface area contributed by atoms with Crippen molar-refractivity contribution in [3.05, 3.63) is 65.2 Å². The predicted molar refractivity (Wildman–Crippen MR) is 93.1 cm³/mol. The molecule has 23 heavy (non-hydrogen) atoms. The van der Waals surface area contributed by atoms with Crippen LogP contribution < -0.4 is 9.46 Å². The molecule has 124 valence electrons. The molecule has 0 fully saturated rings. The molecule has 2 rings (SSSR count). The van der Waals surface area contributed by atoms with Crippen LogP contribution in [-0.2, 0) is 22.2 Å². The fourth-order valence-corrected chi connectivity index (χ4v) is 3.63. The van der Waals surface area contributed by atoms with Gasteiger partial charge in [-0.2, -0.15) is 0 Å². The fourth-order valence-electron chi connectivity index (χ4n) is 2.34. The van der Waals surface area contributed by atoms with E-state index in [1.54, 1.807) is 7.11 Å². The maximum Gasteiger partial charge on any atom is 0.215 e. The highest BCUT2D eigenvalue weighted by atomic mass is 32.2. The highest BCUT2D eigenvalue weighted by Gasteiger charge is 2.12. The van der Waals surface area contributed by atoms with E-state index in [9.17, 15) is 8.42 Å². The van der Waals surface area contributed by atoms with Crippen LogP contribution in [0.3, 0.4) is 0 Å². The van der Waals surface area contributed by atoms with E-state index in [0.717, 1.165) is 29.7 Å². The molecular weight excluding hydrogens is 310 g/mol. The van der Waals surface area contributed by atoms with Crippen LogP contribution in [0.4, 0.5) is 0 Å².